The van der Waals surface area contributed by atoms with E-state index in [0.717, 1.165) is 24.3 Å². The summed E-state index contributed by atoms with van der Waals surface area (Å²) in [5.41, 5.74) is 0. The Bertz CT molecular complexity index is 227. The van der Waals surface area contributed by atoms with E-state index in [1.165, 1.54) is 19.3 Å². The molecule has 1 heterocycles. The van der Waals surface area contributed by atoms with Crippen LogP contribution < -0.4 is 0 Å². The summed E-state index contributed by atoms with van der Waals surface area (Å²) >= 11 is 5.18. The Balaban J connectivity index is 2.43. The van der Waals surface area contributed by atoms with Crippen LogP contribution in [0.25, 0.3) is 0 Å². The summed E-state index contributed by atoms with van der Waals surface area (Å²) in [4.78, 5) is 14.0. The van der Waals surface area contributed by atoms with Crippen molar-refractivity contribution < 1.29 is 4.79 Å². The zero-order chi connectivity index (χ0) is 10.6. The molecule has 1 atom stereocenters. The average molecular weight is 213 g/mol. The third kappa shape index (κ3) is 2.77. The Morgan fingerprint density at radius 2 is 2.29 bits per heavy atom. The van der Waals surface area contributed by atoms with Crippen molar-refractivity contribution >= 4 is 23.1 Å². The molecule has 0 aromatic carbocycles. The largest absolute Gasteiger partial charge is 0.304 e. The van der Waals surface area contributed by atoms with Crippen LogP contribution in [0.2, 0.25) is 0 Å². The predicted octanol–water partition coefficient (Wildman–Crippen LogP) is 2.91. The molecule has 80 valence electrons. The second-order valence-electron chi connectivity index (χ2n) is 3.97. The van der Waals surface area contributed by atoms with E-state index in [-0.39, 0.29) is 5.91 Å². The SMILES string of the molecule is CCCCCC1CCC(=S)N1C(C)=O. The minimum absolute atomic E-state index is 0.119. The van der Waals surface area contributed by atoms with Gasteiger partial charge in [0, 0.05) is 19.4 Å². The van der Waals surface area contributed by atoms with Crippen molar-refractivity contribution in [1.82, 2.24) is 4.90 Å². The highest BCUT2D eigenvalue weighted by Crippen LogP contribution is 2.24. The Morgan fingerprint density at radius 1 is 1.57 bits per heavy atom. The number of hydrogen-bond donors (Lipinski definition) is 0. The van der Waals surface area contributed by atoms with Crippen LogP contribution in [0.5, 0.6) is 0 Å². The van der Waals surface area contributed by atoms with Gasteiger partial charge in [0.15, 0.2) is 0 Å². The van der Waals surface area contributed by atoms with Gasteiger partial charge in [-0.25, -0.2) is 0 Å². The number of thiocarbonyl (C=S) groups is 1. The number of nitrogens with zero attached hydrogens (tertiary/aromatic N) is 1. The van der Waals surface area contributed by atoms with E-state index in [0.29, 0.717) is 6.04 Å². The van der Waals surface area contributed by atoms with Gasteiger partial charge in [-0.1, -0.05) is 38.4 Å². The fourth-order valence-electron chi connectivity index (χ4n) is 2.08. The monoisotopic (exact) mass is 213 g/mol. The number of carbonyl (C=O) groups is 1. The molecule has 2 nitrogen and oxygen atoms in total. The zero-order valence-corrected chi connectivity index (χ0v) is 9.90. The summed E-state index contributed by atoms with van der Waals surface area (Å²) in [5.74, 6) is 0.119. The molecule has 1 fully saturated rings. The standard InChI is InChI=1S/C11H19NOS/c1-3-4-5-6-10-7-8-11(14)12(10)9(2)13/h10H,3-8H2,1-2H3. The normalized spacial score (nSPS) is 21.7. The molecule has 1 saturated heterocycles. The van der Waals surface area contributed by atoms with Crippen LogP contribution in [-0.4, -0.2) is 21.8 Å². The van der Waals surface area contributed by atoms with E-state index in [1.54, 1.807) is 6.92 Å². The first-order valence-corrected chi connectivity index (χ1v) is 5.90. The Labute approximate surface area is 91.7 Å². The summed E-state index contributed by atoms with van der Waals surface area (Å²) in [5, 5.41) is 0. The van der Waals surface area contributed by atoms with Crippen molar-refractivity contribution in [3.63, 3.8) is 0 Å². The van der Waals surface area contributed by atoms with Gasteiger partial charge in [0.2, 0.25) is 5.91 Å². The number of unbranched alkanes of at least 4 members (excludes halogenated alkanes) is 2. The molecule has 1 aliphatic heterocycles. The maximum atomic E-state index is 11.3. The minimum atomic E-state index is 0.119. The lowest BCUT2D eigenvalue weighted by Gasteiger charge is -2.22. The summed E-state index contributed by atoms with van der Waals surface area (Å²) in [6, 6.07) is 0.395. The molecule has 1 aliphatic rings. The van der Waals surface area contributed by atoms with E-state index in [2.05, 4.69) is 6.92 Å². The summed E-state index contributed by atoms with van der Waals surface area (Å²) in [7, 11) is 0. The van der Waals surface area contributed by atoms with Crippen LogP contribution in [0.3, 0.4) is 0 Å². The molecule has 1 rings (SSSR count). The number of carbonyl (C=O) groups excluding carboxylic acids is 1. The number of likely N-dealkylation sites (tertiary alicyclic amines) is 1. The van der Waals surface area contributed by atoms with Gasteiger partial charge in [-0.15, -0.1) is 0 Å². The molecule has 0 aromatic heterocycles. The van der Waals surface area contributed by atoms with Crippen molar-refractivity contribution in [2.75, 3.05) is 0 Å². The molecular weight excluding hydrogens is 194 g/mol. The molecular formula is C11H19NOS. The summed E-state index contributed by atoms with van der Waals surface area (Å²) in [6.07, 6.45) is 6.82. The molecule has 3 heteroatoms. The van der Waals surface area contributed by atoms with Gasteiger partial charge in [0.05, 0.1) is 4.99 Å². The van der Waals surface area contributed by atoms with Crippen LogP contribution in [0.1, 0.15) is 52.4 Å². The summed E-state index contributed by atoms with van der Waals surface area (Å²) < 4.78 is 0. The Kier molecular flexibility index (Phi) is 4.52. The Morgan fingerprint density at radius 3 is 2.86 bits per heavy atom. The highest BCUT2D eigenvalue weighted by Gasteiger charge is 2.30. The first-order valence-electron chi connectivity index (χ1n) is 5.49. The predicted molar refractivity (Wildman–Crippen MR) is 62.3 cm³/mol. The zero-order valence-electron chi connectivity index (χ0n) is 9.08. The van der Waals surface area contributed by atoms with Crippen molar-refractivity contribution in [3.8, 4) is 0 Å². The molecule has 14 heavy (non-hydrogen) atoms. The lowest BCUT2D eigenvalue weighted by Crippen LogP contribution is -2.36. The third-order valence-corrected chi connectivity index (χ3v) is 3.21. The first-order chi connectivity index (χ1) is 6.66. The summed E-state index contributed by atoms with van der Waals surface area (Å²) in [6.45, 7) is 3.81. The molecule has 0 radical (unpaired) electrons. The molecule has 0 saturated carbocycles. The molecule has 0 N–H and O–H groups in total. The van der Waals surface area contributed by atoms with Crippen molar-refractivity contribution in [1.29, 1.82) is 0 Å². The van der Waals surface area contributed by atoms with Crippen LogP contribution in [0.4, 0.5) is 0 Å². The van der Waals surface area contributed by atoms with E-state index >= 15 is 0 Å². The van der Waals surface area contributed by atoms with Crippen LogP contribution in [0.15, 0.2) is 0 Å². The molecule has 1 unspecified atom stereocenters. The van der Waals surface area contributed by atoms with Gasteiger partial charge in [-0.3, -0.25) is 4.79 Å². The van der Waals surface area contributed by atoms with Crippen molar-refractivity contribution in [3.05, 3.63) is 0 Å². The average Bonchev–Trinajstić information content (AvgIpc) is 2.47. The highest BCUT2D eigenvalue weighted by atomic mass is 32.1. The maximum Gasteiger partial charge on any atom is 0.224 e. The van der Waals surface area contributed by atoms with E-state index in [4.69, 9.17) is 12.2 Å². The topological polar surface area (TPSA) is 20.3 Å². The molecule has 0 bridgehead atoms. The first kappa shape index (κ1) is 11.6. The molecule has 0 aromatic rings. The van der Waals surface area contributed by atoms with Gasteiger partial charge < -0.3 is 4.90 Å². The van der Waals surface area contributed by atoms with Gasteiger partial charge in [-0.05, 0) is 12.8 Å². The quantitative estimate of drug-likeness (QED) is 0.528. The second-order valence-corrected chi connectivity index (χ2v) is 4.44. The maximum absolute atomic E-state index is 11.3. The van der Waals surface area contributed by atoms with E-state index in [9.17, 15) is 4.79 Å². The second kappa shape index (κ2) is 5.44. The van der Waals surface area contributed by atoms with Crippen LogP contribution in [-0.2, 0) is 4.79 Å². The van der Waals surface area contributed by atoms with Crippen molar-refractivity contribution in [2.45, 2.75) is 58.4 Å². The van der Waals surface area contributed by atoms with Crippen LogP contribution in [0, 0.1) is 0 Å². The smallest absolute Gasteiger partial charge is 0.224 e. The van der Waals surface area contributed by atoms with E-state index in [1.807, 2.05) is 4.90 Å². The number of rotatable bonds is 4. The number of hydrogen-bond acceptors (Lipinski definition) is 2. The third-order valence-electron chi connectivity index (χ3n) is 2.81. The lowest BCUT2D eigenvalue weighted by atomic mass is 10.1. The lowest BCUT2D eigenvalue weighted by molar-refractivity contribution is -0.126. The highest BCUT2D eigenvalue weighted by molar-refractivity contribution is 7.80. The molecule has 0 spiro atoms. The fourth-order valence-corrected chi connectivity index (χ4v) is 2.47. The molecule has 1 amide bonds. The number of amides is 1. The van der Waals surface area contributed by atoms with Gasteiger partial charge >= 0.3 is 0 Å². The Hall–Kier alpha value is -0.440. The van der Waals surface area contributed by atoms with Gasteiger partial charge in [-0.2, -0.15) is 0 Å². The minimum Gasteiger partial charge on any atom is -0.304 e. The van der Waals surface area contributed by atoms with Gasteiger partial charge in [0.1, 0.15) is 0 Å². The molecule has 0 aliphatic carbocycles. The fraction of sp³-hybridized carbons (Fsp3) is 0.818. The van der Waals surface area contributed by atoms with Gasteiger partial charge in [0.25, 0.3) is 0 Å². The van der Waals surface area contributed by atoms with E-state index < -0.39 is 0 Å². The van der Waals surface area contributed by atoms with Crippen molar-refractivity contribution in [2.24, 2.45) is 0 Å². The van der Waals surface area contributed by atoms with Crippen LogP contribution >= 0.6 is 12.2 Å².